The van der Waals surface area contributed by atoms with Crippen molar-refractivity contribution < 1.29 is 23.8 Å². The molecule has 1 amide bonds. The minimum Gasteiger partial charge on any atom is -0.493 e. The minimum absolute atomic E-state index is 0.0409. The summed E-state index contributed by atoms with van der Waals surface area (Å²) in [6, 6.07) is 12.6. The molecule has 1 atom stereocenters. The number of carbonyl (C=O) groups excluding carboxylic acids is 2. The van der Waals surface area contributed by atoms with Crippen molar-refractivity contribution >= 4 is 17.6 Å². The Balaban J connectivity index is 1.67. The minimum atomic E-state index is -0.577. The maximum atomic E-state index is 12.6. The molecule has 1 aliphatic rings. The highest BCUT2D eigenvalue weighted by molar-refractivity contribution is 5.99. The van der Waals surface area contributed by atoms with Crippen molar-refractivity contribution in [1.82, 2.24) is 0 Å². The lowest BCUT2D eigenvalue weighted by molar-refractivity contribution is -0.122. The van der Waals surface area contributed by atoms with Gasteiger partial charge in [0, 0.05) is 11.7 Å². The number of esters is 1. The van der Waals surface area contributed by atoms with Crippen LogP contribution in [0.3, 0.4) is 0 Å². The molecular formula is C21H23NO5. The number of rotatable bonds is 6. The van der Waals surface area contributed by atoms with Gasteiger partial charge in [0.2, 0.25) is 0 Å². The first-order valence-electron chi connectivity index (χ1n) is 8.93. The monoisotopic (exact) mass is 369 g/mol. The van der Waals surface area contributed by atoms with Crippen LogP contribution in [-0.4, -0.2) is 38.2 Å². The largest absolute Gasteiger partial charge is 0.493 e. The van der Waals surface area contributed by atoms with Crippen LogP contribution in [0, 0.1) is 0 Å². The molecule has 0 aromatic heterocycles. The van der Waals surface area contributed by atoms with E-state index in [9.17, 15) is 9.59 Å². The average molecular weight is 369 g/mol. The fourth-order valence-electron chi connectivity index (χ4n) is 3.30. The summed E-state index contributed by atoms with van der Waals surface area (Å²) in [5.74, 6) is 0.182. The van der Waals surface area contributed by atoms with Gasteiger partial charge in [-0.1, -0.05) is 18.2 Å². The smallest absolute Gasteiger partial charge is 0.338 e. The molecule has 0 unspecified atom stereocenters. The predicted octanol–water partition coefficient (Wildman–Crippen LogP) is 3.23. The van der Waals surface area contributed by atoms with Crippen LogP contribution in [0.2, 0.25) is 0 Å². The lowest BCUT2D eigenvalue weighted by Crippen LogP contribution is -2.38. The second-order valence-electron chi connectivity index (χ2n) is 6.32. The van der Waals surface area contributed by atoms with E-state index in [1.807, 2.05) is 38.1 Å². The molecule has 3 rings (SSSR count). The summed E-state index contributed by atoms with van der Waals surface area (Å²) in [7, 11) is 1.53. The first-order valence-corrected chi connectivity index (χ1v) is 8.93. The SMILES string of the molecule is CCOc1cc(C(=O)OCC(=O)N2c3ccccc3C[C@@H]2C)ccc1OC. The van der Waals surface area contributed by atoms with Crippen molar-refractivity contribution in [2.45, 2.75) is 26.3 Å². The third-order valence-corrected chi connectivity index (χ3v) is 4.50. The Morgan fingerprint density at radius 3 is 2.67 bits per heavy atom. The number of para-hydroxylation sites is 1. The number of ether oxygens (including phenoxy) is 3. The van der Waals surface area contributed by atoms with E-state index in [-0.39, 0.29) is 18.6 Å². The second kappa shape index (κ2) is 8.12. The van der Waals surface area contributed by atoms with E-state index in [1.165, 1.54) is 7.11 Å². The molecule has 2 aromatic carbocycles. The third kappa shape index (κ3) is 3.89. The third-order valence-electron chi connectivity index (χ3n) is 4.50. The fraction of sp³-hybridized carbons (Fsp3) is 0.333. The van der Waals surface area contributed by atoms with E-state index in [1.54, 1.807) is 23.1 Å². The predicted molar refractivity (Wildman–Crippen MR) is 102 cm³/mol. The average Bonchev–Trinajstić information content (AvgIpc) is 3.01. The molecule has 0 saturated heterocycles. The summed E-state index contributed by atoms with van der Waals surface area (Å²) in [6.45, 7) is 3.96. The Morgan fingerprint density at radius 2 is 1.93 bits per heavy atom. The van der Waals surface area contributed by atoms with Crippen LogP contribution in [0.4, 0.5) is 5.69 Å². The summed E-state index contributed by atoms with van der Waals surface area (Å²) in [5.41, 5.74) is 2.32. The summed E-state index contributed by atoms with van der Waals surface area (Å²) < 4.78 is 15.9. The van der Waals surface area contributed by atoms with Gasteiger partial charge in [0.15, 0.2) is 18.1 Å². The molecule has 0 radical (unpaired) electrons. The summed E-state index contributed by atoms with van der Waals surface area (Å²) in [6.07, 6.45) is 0.798. The number of hydrogen-bond acceptors (Lipinski definition) is 5. The molecule has 1 aliphatic heterocycles. The van der Waals surface area contributed by atoms with Gasteiger partial charge in [0.1, 0.15) is 0 Å². The quantitative estimate of drug-likeness (QED) is 0.732. The highest BCUT2D eigenvalue weighted by Crippen LogP contribution is 2.32. The van der Waals surface area contributed by atoms with Gasteiger partial charge in [-0.3, -0.25) is 4.79 Å². The van der Waals surface area contributed by atoms with E-state index in [2.05, 4.69) is 0 Å². The van der Waals surface area contributed by atoms with Gasteiger partial charge < -0.3 is 19.1 Å². The molecule has 0 aliphatic carbocycles. The standard InChI is InChI=1S/C21H23NO5/c1-4-26-19-12-16(9-10-18(19)25-3)21(24)27-13-20(23)22-14(2)11-15-7-5-6-8-17(15)22/h5-10,12,14H,4,11,13H2,1-3H3/t14-/m0/s1. The molecule has 0 spiro atoms. The Bertz CT molecular complexity index is 848. The van der Waals surface area contributed by atoms with Crippen LogP contribution in [0.15, 0.2) is 42.5 Å². The number of anilines is 1. The highest BCUT2D eigenvalue weighted by atomic mass is 16.5. The van der Waals surface area contributed by atoms with Gasteiger partial charge in [-0.05, 0) is 50.1 Å². The Kier molecular flexibility index (Phi) is 5.64. The maximum absolute atomic E-state index is 12.6. The van der Waals surface area contributed by atoms with Crippen molar-refractivity contribution in [3.8, 4) is 11.5 Å². The van der Waals surface area contributed by atoms with Crippen LogP contribution in [0.25, 0.3) is 0 Å². The van der Waals surface area contributed by atoms with Crippen LogP contribution >= 0.6 is 0 Å². The number of amides is 1. The van der Waals surface area contributed by atoms with Crippen LogP contribution in [0.1, 0.15) is 29.8 Å². The normalized spacial score (nSPS) is 15.2. The molecule has 6 nitrogen and oxygen atoms in total. The molecule has 1 heterocycles. The molecule has 0 saturated carbocycles. The van der Waals surface area contributed by atoms with Crippen LogP contribution in [-0.2, 0) is 16.0 Å². The molecule has 27 heavy (non-hydrogen) atoms. The molecule has 2 aromatic rings. The Morgan fingerprint density at radius 1 is 1.15 bits per heavy atom. The van der Waals surface area contributed by atoms with Crippen molar-refractivity contribution in [2.75, 3.05) is 25.2 Å². The number of carbonyl (C=O) groups is 2. The molecular weight excluding hydrogens is 346 g/mol. The Hall–Kier alpha value is -3.02. The molecule has 0 bridgehead atoms. The van der Waals surface area contributed by atoms with Gasteiger partial charge in [0.25, 0.3) is 5.91 Å². The van der Waals surface area contributed by atoms with Gasteiger partial charge in [-0.15, -0.1) is 0 Å². The molecule has 0 N–H and O–H groups in total. The molecule has 6 heteroatoms. The zero-order chi connectivity index (χ0) is 19.4. The van der Waals surface area contributed by atoms with E-state index >= 15 is 0 Å². The van der Waals surface area contributed by atoms with Crippen LogP contribution < -0.4 is 14.4 Å². The van der Waals surface area contributed by atoms with E-state index in [4.69, 9.17) is 14.2 Å². The Labute approximate surface area is 158 Å². The summed E-state index contributed by atoms with van der Waals surface area (Å²) in [4.78, 5) is 26.7. The lowest BCUT2D eigenvalue weighted by Gasteiger charge is -2.22. The lowest BCUT2D eigenvalue weighted by atomic mass is 10.1. The van der Waals surface area contributed by atoms with Crippen molar-refractivity contribution in [3.63, 3.8) is 0 Å². The topological polar surface area (TPSA) is 65.1 Å². The first-order chi connectivity index (χ1) is 13.0. The second-order valence-corrected chi connectivity index (χ2v) is 6.32. The van der Waals surface area contributed by atoms with Crippen molar-refractivity contribution in [1.29, 1.82) is 0 Å². The van der Waals surface area contributed by atoms with Gasteiger partial charge in [0.05, 0.1) is 19.3 Å². The van der Waals surface area contributed by atoms with E-state index in [0.29, 0.717) is 23.7 Å². The molecule has 0 fully saturated rings. The molecule has 142 valence electrons. The number of hydrogen-bond donors (Lipinski definition) is 0. The van der Waals surface area contributed by atoms with Gasteiger partial charge >= 0.3 is 5.97 Å². The number of benzene rings is 2. The van der Waals surface area contributed by atoms with Gasteiger partial charge in [-0.25, -0.2) is 4.79 Å². The van der Waals surface area contributed by atoms with Crippen molar-refractivity contribution in [2.24, 2.45) is 0 Å². The fourth-order valence-corrected chi connectivity index (χ4v) is 3.30. The highest BCUT2D eigenvalue weighted by Gasteiger charge is 2.31. The van der Waals surface area contributed by atoms with E-state index < -0.39 is 5.97 Å². The van der Waals surface area contributed by atoms with Gasteiger partial charge in [-0.2, -0.15) is 0 Å². The van der Waals surface area contributed by atoms with Crippen LogP contribution in [0.5, 0.6) is 11.5 Å². The number of fused-ring (bicyclic) bond motifs is 1. The zero-order valence-corrected chi connectivity index (χ0v) is 15.7. The van der Waals surface area contributed by atoms with E-state index in [0.717, 1.165) is 17.7 Å². The number of nitrogens with zero attached hydrogens (tertiary/aromatic N) is 1. The zero-order valence-electron chi connectivity index (χ0n) is 15.7. The summed E-state index contributed by atoms with van der Waals surface area (Å²) in [5, 5.41) is 0. The first kappa shape index (κ1) is 18.8. The number of methoxy groups -OCH3 is 1. The summed E-state index contributed by atoms with van der Waals surface area (Å²) >= 11 is 0. The van der Waals surface area contributed by atoms with Crippen molar-refractivity contribution in [3.05, 3.63) is 53.6 Å². The maximum Gasteiger partial charge on any atom is 0.338 e.